The highest BCUT2D eigenvalue weighted by Gasteiger charge is 2.30. The molecule has 5 nitrogen and oxygen atoms in total. The van der Waals surface area contributed by atoms with E-state index in [1.54, 1.807) is 6.20 Å². The number of nitriles is 1. The molecule has 0 N–H and O–H groups in total. The Balaban J connectivity index is 1.78. The molecule has 3 heterocycles. The summed E-state index contributed by atoms with van der Waals surface area (Å²) in [6, 6.07) is 8.33. The first-order valence-corrected chi connectivity index (χ1v) is 8.12. The van der Waals surface area contributed by atoms with E-state index in [1.165, 1.54) is 5.56 Å². The minimum Gasteiger partial charge on any atom is -0.299 e. The van der Waals surface area contributed by atoms with Crippen molar-refractivity contribution >= 4 is 0 Å². The van der Waals surface area contributed by atoms with Crippen LogP contribution in [0.4, 0.5) is 0 Å². The van der Waals surface area contributed by atoms with Gasteiger partial charge in [0.1, 0.15) is 0 Å². The van der Waals surface area contributed by atoms with Crippen LogP contribution in [0.1, 0.15) is 36.7 Å². The van der Waals surface area contributed by atoms with Gasteiger partial charge in [0.05, 0.1) is 17.2 Å². The van der Waals surface area contributed by atoms with Gasteiger partial charge in [-0.1, -0.05) is 6.07 Å². The molecule has 0 radical (unpaired) electrons. The highest BCUT2D eigenvalue weighted by Crippen LogP contribution is 2.31. The zero-order valence-electron chi connectivity index (χ0n) is 14.1. The van der Waals surface area contributed by atoms with E-state index in [0.717, 1.165) is 49.7 Å². The molecule has 1 saturated heterocycles. The number of likely N-dealkylation sites (tertiary alicyclic amines) is 1. The Morgan fingerprint density at radius 3 is 2.61 bits per heavy atom. The van der Waals surface area contributed by atoms with Crippen molar-refractivity contribution in [2.24, 2.45) is 5.41 Å². The van der Waals surface area contributed by atoms with Crippen LogP contribution in [0, 0.1) is 30.6 Å². The van der Waals surface area contributed by atoms with Gasteiger partial charge in [-0.05, 0) is 58.8 Å². The Morgan fingerprint density at radius 2 is 2.00 bits per heavy atom. The molecule has 1 fully saturated rings. The van der Waals surface area contributed by atoms with Gasteiger partial charge in [-0.3, -0.25) is 4.90 Å². The third kappa shape index (κ3) is 3.13. The molecule has 0 atom stereocenters. The van der Waals surface area contributed by atoms with Crippen molar-refractivity contribution in [2.45, 2.75) is 40.2 Å². The molecular formula is C18H23N5. The number of aryl methyl sites for hydroxylation is 1. The number of aromatic nitrogens is 3. The summed E-state index contributed by atoms with van der Waals surface area (Å²) < 4.78 is 1.92. The Morgan fingerprint density at radius 1 is 1.26 bits per heavy atom. The standard InChI is InChI=1S/C18H23N5/c1-14-16(12-22-10-7-18(3,13-19)8-11-22)15(2)23(21-14)17-6-4-5-9-20-17/h4-6,9H,7-8,10-12H2,1-3H3. The predicted molar refractivity (Wildman–Crippen MR) is 89.1 cm³/mol. The first kappa shape index (κ1) is 15.7. The molecule has 1 aliphatic rings. The highest BCUT2D eigenvalue weighted by molar-refractivity contribution is 5.32. The lowest BCUT2D eigenvalue weighted by Crippen LogP contribution is -2.37. The fourth-order valence-corrected chi connectivity index (χ4v) is 3.15. The molecule has 0 spiro atoms. The summed E-state index contributed by atoms with van der Waals surface area (Å²) in [5, 5.41) is 13.9. The molecule has 0 saturated carbocycles. The monoisotopic (exact) mass is 309 g/mol. The van der Waals surface area contributed by atoms with E-state index < -0.39 is 0 Å². The average molecular weight is 309 g/mol. The van der Waals surface area contributed by atoms with Crippen LogP contribution < -0.4 is 0 Å². The number of rotatable bonds is 3. The molecule has 0 aromatic carbocycles. The molecule has 0 unspecified atom stereocenters. The number of piperidine rings is 1. The van der Waals surface area contributed by atoms with Crippen molar-refractivity contribution < 1.29 is 0 Å². The summed E-state index contributed by atoms with van der Waals surface area (Å²) in [4.78, 5) is 6.82. The van der Waals surface area contributed by atoms with Crippen LogP contribution in [0.3, 0.4) is 0 Å². The summed E-state index contributed by atoms with van der Waals surface area (Å²) in [6.45, 7) is 9.07. The van der Waals surface area contributed by atoms with Gasteiger partial charge in [0.2, 0.25) is 0 Å². The van der Waals surface area contributed by atoms with Gasteiger partial charge in [-0.15, -0.1) is 0 Å². The summed E-state index contributed by atoms with van der Waals surface area (Å²) in [5.74, 6) is 0.857. The van der Waals surface area contributed by atoms with Gasteiger partial charge in [0.15, 0.2) is 5.82 Å². The molecule has 5 heteroatoms. The minimum absolute atomic E-state index is 0.154. The smallest absolute Gasteiger partial charge is 0.153 e. The second-order valence-corrected chi connectivity index (χ2v) is 6.70. The second kappa shape index (κ2) is 6.13. The van der Waals surface area contributed by atoms with Crippen molar-refractivity contribution in [2.75, 3.05) is 13.1 Å². The number of nitrogens with zero attached hydrogens (tertiary/aromatic N) is 5. The summed E-state index contributed by atoms with van der Waals surface area (Å²) in [6.07, 6.45) is 3.67. The van der Waals surface area contributed by atoms with E-state index in [4.69, 9.17) is 0 Å². The molecule has 0 amide bonds. The predicted octanol–water partition coefficient (Wildman–Crippen LogP) is 3.01. The highest BCUT2D eigenvalue weighted by atomic mass is 15.3. The maximum absolute atomic E-state index is 9.26. The summed E-state index contributed by atoms with van der Waals surface area (Å²) >= 11 is 0. The quantitative estimate of drug-likeness (QED) is 0.874. The van der Waals surface area contributed by atoms with E-state index in [9.17, 15) is 5.26 Å². The normalized spacial score (nSPS) is 17.8. The van der Waals surface area contributed by atoms with Gasteiger partial charge >= 0.3 is 0 Å². The number of hydrogen-bond donors (Lipinski definition) is 0. The molecule has 2 aromatic heterocycles. The summed E-state index contributed by atoms with van der Waals surface area (Å²) in [5.41, 5.74) is 3.33. The Hall–Kier alpha value is -2.19. The third-order valence-electron chi connectivity index (χ3n) is 4.92. The number of hydrogen-bond acceptors (Lipinski definition) is 4. The molecular weight excluding hydrogens is 286 g/mol. The van der Waals surface area contributed by atoms with Crippen molar-refractivity contribution in [1.82, 2.24) is 19.7 Å². The van der Waals surface area contributed by atoms with E-state index in [2.05, 4.69) is 41.8 Å². The SMILES string of the molecule is Cc1nn(-c2ccccn2)c(C)c1CN1CCC(C)(C#N)CC1. The van der Waals surface area contributed by atoms with Gasteiger partial charge in [-0.25, -0.2) is 9.67 Å². The Labute approximate surface area is 137 Å². The van der Waals surface area contributed by atoms with E-state index >= 15 is 0 Å². The van der Waals surface area contributed by atoms with Crippen molar-refractivity contribution in [1.29, 1.82) is 5.26 Å². The molecule has 0 bridgehead atoms. The molecule has 120 valence electrons. The largest absolute Gasteiger partial charge is 0.299 e. The zero-order chi connectivity index (χ0) is 16.4. The van der Waals surface area contributed by atoms with Crippen molar-refractivity contribution in [3.05, 3.63) is 41.3 Å². The molecule has 2 aromatic rings. The van der Waals surface area contributed by atoms with E-state index in [-0.39, 0.29) is 5.41 Å². The van der Waals surface area contributed by atoms with Crippen LogP contribution >= 0.6 is 0 Å². The first-order chi connectivity index (χ1) is 11.0. The van der Waals surface area contributed by atoms with E-state index in [0.29, 0.717) is 0 Å². The van der Waals surface area contributed by atoms with Crippen LogP contribution in [0.5, 0.6) is 0 Å². The van der Waals surface area contributed by atoms with Gasteiger partial charge in [0.25, 0.3) is 0 Å². The van der Waals surface area contributed by atoms with Crippen LogP contribution in [0.15, 0.2) is 24.4 Å². The maximum atomic E-state index is 9.26. The third-order valence-corrected chi connectivity index (χ3v) is 4.92. The van der Waals surface area contributed by atoms with Crippen LogP contribution in [-0.2, 0) is 6.54 Å². The van der Waals surface area contributed by atoms with Gasteiger partial charge in [0, 0.05) is 24.0 Å². The Kier molecular flexibility index (Phi) is 4.18. The topological polar surface area (TPSA) is 57.7 Å². The molecule has 1 aliphatic heterocycles. The molecule has 3 rings (SSSR count). The maximum Gasteiger partial charge on any atom is 0.153 e. The average Bonchev–Trinajstić information content (AvgIpc) is 2.86. The molecule has 0 aliphatic carbocycles. The lowest BCUT2D eigenvalue weighted by atomic mass is 9.82. The summed E-state index contributed by atoms with van der Waals surface area (Å²) in [7, 11) is 0. The van der Waals surface area contributed by atoms with Gasteiger partial charge < -0.3 is 0 Å². The fourth-order valence-electron chi connectivity index (χ4n) is 3.15. The zero-order valence-corrected chi connectivity index (χ0v) is 14.1. The molecule has 23 heavy (non-hydrogen) atoms. The van der Waals surface area contributed by atoms with Gasteiger partial charge in [-0.2, -0.15) is 10.4 Å². The van der Waals surface area contributed by atoms with Crippen LogP contribution in [-0.4, -0.2) is 32.8 Å². The van der Waals surface area contributed by atoms with Crippen LogP contribution in [0.25, 0.3) is 5.82 Å². The first-order valence-electron chi connectivity index (χ1n) is 8.12. The van der Waals surface area contributed by atoms with E-state index in [1.807, 2.05) is 22.9 Å². The van der Waals surface area contributed by atoms with Crippen molar-refractivity contribution in [3.63, 3.8) is 0 Å². The van der Waals surface area contributed by atoms with Crippen molar-refractivity contribution in [3.8, 4) is 11.9 Å². The minimum atomic E-state index is -0.154. The Bertz CT molecular complexity index is 718. The fraction of sp³-hybridized carbons (Fsp3) is 0.500. The lowest BCUT2D eigenvalue weighted by Gasteiger charge is -2.34. The lowest BCUT2D eigenvalue weighted by molar-refractivity contribution is 0.150. The van der Waals surface area contributed by atoms with Crippen LogP contribution in [0.2, 0.25) is 0 Å². The second-order valence-electron chi connectivity index (χ2n) is 6.70. The number of pyridine rings is 1.